The van der Waals surface area contributed by atoms with Crippen molar-refractivity contribution >= 4 is 17.5 Å². The molecule has 2 heterocycles. The Bertz CT molecular complexity index is 660. The Hall–Kier alpha value is -1.96. The Balaban J connectivity index is 1.64. The number of carbonyl (C=O) groups excluding carboxylic acids is 2. The van der Waals surface area contributed by atoms with Gasteiger partial charge in [-0.05, 0) is 64.0 Å². The number of anilines is 1. The lowest BCUT2D eigenvalue weighted by Crippen LogP contribution is -2.51. The lowest BCUT2D eigenvalue weighted by atomic mass is 9.91. The van der Waals surface area contributed by atoms with Crippen LogP contribution in [0.25, 0.3) is 0 Å². The fourth-order valence-corrected chi connectivity index (χ4v) is 3.82. The van der Waals surface area contributed by atoms with Gasteiger partial charge in [-0.25, -0.2) is 0 Å². The minimum Gasteiger partial charge on any atom is -0.372 e. The predicted molar refractivity (Wildman–Crippen MR) is 103 cm³/mol. The summed E-state index contributed by atoms with van der Waals surface area (Å²) in [6.45, 7) is 6.64. The molecule has 2 atom stereocenters. The number of nitrogens with zero attached hydrogens (tertiary/aromatic N) is 1. The maximum atomic E-state index is 12.7. The normalized spacial score (nSPS) is 25.1. The monoisotopic (exact) mass is 375 g/mol. The highest BCUT2D eigenvalue weighted by Crippen LogP contribution is 2.25. The van der Waals surface area contributed by atoms with Crippen molar-refractivity contribution in [3.05, 3.63) is 29.8 Å². The van der Waals surface area contributed by atoms with Crippen molar-refractivity contribution in [2.75, 3.05) is 38.6 Å². The van der Waals surface area contributed by atoms with Crippen molar-refractivity contribution in [2.45, 2.75) is 44.5 Å². The number of hydrogen-bond donors (Lipinski definition) is 2. The van der Waals surface area contributed by atoms with Crippen LogP contribution >= 0.6 is 0 Å². The second-order valence-corrected chi connectivity index (χ2v) is 7.45. The first kappa shape index (κ1) is 19.8. The number of morpholine rings is 1. The predicted octanol–water partition coefficient (Wildman–Crippen LogP) is 1.64. The van der Waals surface area contributed by atoms with Crippen LogP contribution in [0.15, 0.2) is 24.3 Å². The summed E-state index contributed by atoms with van der Waals surface area (Å²) in [6, 6.07) is 7.04. The van der Waals surface area contributed by atoms with Crippen LogP contribution in [0.3, 0.4) is 0 Å². The van der Waals surface area contributed by atoms with E-state index in [1.54, 1.807) is 31.4 Å². The third-order valence-electron chi connectivity index (χ3n) is 5.31. The molecule has 27 heavy (non-hydrogen) atoms. The van der Waals surface area contributed by atoms with E-state index in [1.807, 2.05) is 18.7 Å². The number of ether oxygens (including phenoxy) is 2. The minimum atomic E-state index is -0.792. The molecule has 1 aromatic carbocycles. The first-order valence-electron chi connectivity index (χ1n) is 9.55. The largest absolute Gasteiger partial charge is 0.372 e. The quantitative estimate of drug-likeness (QED) is 0.836. The molecule has 2 aliphatic rings. The van der Waals surface area contributed by atoms with Gasteiger partial charge in [0, 0.05) is 31.5 Å². The molecule has 0 radical (unpaired) electrons. The molecule has 3 rings (SSSR count). The van der Waals surface area contributed by atoms with Gasteiger partial charge in [0.25, 0.3) is 11.8 Å². The number of benzene rings is 1. The van der Waals surface area contributed by atoms with E-state index < -0.39 is 5.60 Å². The van der Waals surface area contributed by atoms with Gasteiger partial charge in [-0.15, -0.1) is 0 Å². The summed E-state index contributed by atoms with van der Waals surface area (Å²) in [6.07, 6.45) is 1.34. The van der Waals surface area contributed by atoms with Crippen LogP contribution < -0.4 is 10.6 Å². The van der Waals surface area contributed by atoms with Crippen molar-refractivity contribution < 1.29 is 19.1 Å². The zero-order chi connectivity index (χ0) is 19.4. The van der Waals surface area contributed by atoms with Gasteiger partial charge in [0.1, 0.15) is 5.60 Å². The van der Waals surface area contributed by atoms with Crippen LogP contribution in [0.2, 0.25) is 0 Å². The molecule has 2 aliphatic heterocycles. The highest BCUT2D eigenvalue weighted by molar-refractivity contribution is 5.98. The summed E-state index contributed by atoms with van der Waals surface area (Å²) in [5, 5.41) is 6.17. The number of methoxy groups -OCH3 is 1. The van der Waals surface area contributed by atoms with Crippen molar-refractivity contribution in [3.8, 4) is 0 Å². The van der Waals surface area contributed by atoms with E-state index in [-0.39, 0.29) is 24.0 Å². The van der Waals surface area contributed by atoms with Gasteiger partial charge in [-0.1, -0.05) is 0 Å². The van der Waals surface area contributed by atoms with E-state index in [0.717, 1.165) is 13.1 Å². The van der Waals surface area contributed by atoms with Crippen LogP contribution in [0, 0.1) is 0 Å². The van der Waals surface area contributed by atoms with E-state index in [9.17, 15) is 9.59 Å². The smallest absolute Gasteiger partial charge is 0.256 e. The molecule has 7 heteroatoms. The van der Waals surface area contributed by atoms with E-state index in [0.29, 0.717) is 37.2 Å². The molecule has 2 fully saturated rings. The Labute approximate surface area is 160 Å². The standard InChI is InChI=1S/C20H29N3O4/c1-14-12-23(13-15(2)27-14)18(24)16-4-6-17(7-5-16)22-19(25)20(26-3)8-10-21-11-9-20/h4-7,14-15,21H,8-13H2,1-3H3,(H,22,25). The third kappa shape index (κ3) is 4.48. The summed E-state index contributed by atoms with van der Waals surface area (Å²) in [5.41, 5.74) is 0.479. The first-order chi connectivity index (χ1) is 12.9. The number of piperidine rings is 1. The molecule has 148 valence electrons. The van der Waals surface area contributed by atoms with Crippen molar-refractivity contribution in [1.29, 1.82) is 0 Å². The Morgan fingerprint density at radius 1 is 1.15 bits per heavy atom. The molecule has 0 bridgehead atoms. The second-order valence-electron chi connectivity index (χ2n) is 7.45. The Morgan fingerprint density at radius 2 is 1.74 bits per heavy atom. The Morgan fingerprint density at radius 3 is 2.30 bits per heavy atom. The molecule has 0 spiro atoms. The molecule has 2 N–H and O–H groups in total. The first-order valence-corrected chi connectivity index (χ1v) is 9.55. The maximum Gasteiger partial charge on any atom is 0.256 e. The van der Waals surface area contributed by atoms with Crippen molar-refractivity contribution in [1.82, 2.24) is 10.2 Å². The second kappa shape index (κ2) is 8.37. The molecular weight excluding hydrogens is 346 g/mol. The van der Waals surface area contributed by atoms with E-state index >= 15 is 0 Å². The molecular formula is C20H29N3O4. The molecule has 2 saturated heterocycles. The number of carbonyl (C=O) groups is 2. The molecule has 1 aromatic rings. The molecule has 0 aromatic heterocycles. The Kier molecular flexibility index (Phi) is 6.14. The summed E-state index contributed by atoms with van der Waals surface area (Å²) in [7, 11) is 1.58. The van der Waals surface area contributed by atoms with Gasteiger partial charge in [0.2, 0.25) is 0 Å². The van der Waals surface area contributed by atoms with Gasteiger partial charge in [-0.2, -0.15) is 0 Å². The zero-order valence-electron chi connectivity index (χ0n) is 16.3. The number of amides is 2. The molecule has 0 saturated carbocycles. The highest BCUT2D eigenvalue weighted by Gasteiger charge is 2.39. The summed E-state index contributed by atoms with van der Waals surface area (Å²) >= 11 is 0. The van der Waals surface area contributed by atoms with Gasteiger partial charge in [-0.3, -0.25) is 9.59 Å². The summed E-state index contributed by atoms with van der Waals surface area (Å²) in [4.78, 5) is 27.3. The lowest BCUT2D eigenvalue weighted by Gasteiger charge is -2.35. The van der Waals surface area contributed by atoms with E-state index in [4.69, 9.17) is 9.47 Å². The number of hydrogen-bond acceptors (Lipinski definition) is 5. The molecule has 2 amide bonds. The van der Waals surface area contributed by atoms with E-state index in [2.05, 4.69) is 10.6 Å². The van der Waals surface area contributed by atoms with Gasteiger partial charge in [0.05, 0.1) is 12.2 Å². The topological polar surface area (TPSA) is 79.9 Å². The van der Waals surface area contributed by atoms with Crippen LogP contribution in [0.4, 0.5) is 5.69 Å². The summed E-state index contributed by atoms with van der Waals surface area (Å²) in [5.74, 6) is -0.150. The van der Waals surface area contributed by atoms with Gasteiger partial charge in [0.15, 0.2) is 0 Å². The van der Waals surface area contributed by atoms with Crippen molar-refractivity contribution in [2.24, 2.45) is 0 Å². The summed E-state index contributed by atoms with van der Waals surface area (Å²) < 4.78 is 11.2. The maximum absolute atomic E-state index is 12.7. The fourth-order valence-electron chi connectivity index (χ4n) is 3.82. The van der Waals surface area contributed by atoms with Crippen LogP contribution in [-0.4, -0.2) is 67.8 Å². The molecule has 0 aliphatic carbocycles. The number of rotatable bonds is 4. The SMILES string of the molecule is COC1(C(=O)Nc2ccc(C(=O)N3CC(C)OC(C)C3)cc2)CCNCC1. The van der Waals surface area contributed by atoms with Crippen LogP contribution in [0.5, 0.6) is 0 Å². The van der Waals surface area contributed by atoms with Crippen molar-refractivity contribution in [3.63, 3.8) is 0 Å². The average Bonchev–Trinajstić information content (AvgIpc) is 2.67. The minimum absolute atomic E-state index is 0.0124. The van der Waals surface area contributed by atoms with Crippen LogP contribution in [-0.2, 0) is 14.3 Å². The van der Waals surface area contributed by atoms with Gasteiger partial charge >= 0.3 is 0 Å². The zero-order valence-corrected chi connectivity index (χ0v) is 16.3. The fraction of sp³-hybridized carbons (Fsp3) is 0.600. The third-order valence-corrected chi connectivity index (χ3v) is 5.31. The highest BCUT2D eigenvalue weighted by atomic mass is 16.5. The lowest BCUT2D eigenvalue weighted by molar-refractivity contribution is -0.140. The molecule has 7 nitrogen and oxygen atoms in total. The molecule has 2 unspecified atom stereocenters. The van der Waals surface area contributed by atoms with E-state index in [1.165, 1.54) is 0 Å². The van der Waals surface area contributed by atoms with Gasteiger partial charge < -0.3 is 25.0 Å². The average molecular weight is 375 g/mol. The van der Waals surface area contributed by atoms with Crippen LogP contribution in [0.1, 0.15) is 37.0 Å². The number of nitrogens with one attached hydrogen (secondary N) is 2.